The van der Waals surface area contributed by atoms with Gasteiger partial charge < -0.3 is 14.3 Å². The lowest BCUT2D eigenvalue weighted by Gasteiger charge is -2.44. The molecule has 0 radical (unpaired) electrons. The van der Waals surface area contributed by atoms with E-state index in [-0.39, 0.29) is 16.9 Å². The van der Waals surface area contributed by atoms with E-state index in [9.17, 15) is 4.79 Å². The van der Waals surface area contributed by atoms with Gasteiger partial charge in [0.25, 0.3) is 0 Å². The minimum absolute atomic E-state index is 0.0288. The smallest absolute Gasteiger partial charge is 0.193 e. The summed E-state index contributed by atoms with van der Waals surface area (Å²) in [7, 11) is -0.0940. The largest absolute Gasteiger partial charge is 0.404 e. The molecule has 0 bridgehead atoms. The lowest BCUT2D eigenvalue weighted by atomic mass is 9.84. The van der Waals surface area contributed by atoms with Gasteiger partial charge in [0.05, 0.1) is 11.7 Å². The van der Waals surface area contributed by atoms with Crippen LogP contribution in [0, 0.1) is 6.92 Å². The number of aryl methyl sites for hydroxylation is 1. The molecule has 1 aliphatic carbocycles. The van der Waals surface area contributed by atoms with Crippen LogP contribution in [-0.2, 0) is 22.7 Å². The molecule has 2 heterocycles. The number of fused-ring (bicyclic) bond motifs is 2. The second kappa shape index (κ2) is 7.20. The fourth-order valence-corrected chi connectivity index (χ4v) is 5.38. The number of Topliss-reactive ketones (excluding diaryl/α,β-unsaturated/α-hetero) is 1. The number of aromatic nitrogens is 2. The molecule has 0 fully saturated rings. The summed E-state index contributed by atoms with van der Waals surface area (Å²) in [6.45, 7) is 13.1. The van der Waals surface area contributed by atoms with Crippen molar-refractivity contribution >= 4 is 19.8 Å². The number of benzene rings is 1. The number of rotatable bonds is 3. The van der Waals surface area contributed by atoms with Crippen molar-refractivity contribution < 1.29 is 9.22 Å². The van der Waals surface area contributed by atoms with Crippen LogP contribution in [-0.4, -0.2) is 29.8 Å². The molecular formula is C24H33N3O2Si. The molecule has 4 rings (SSSR count). The summed E-state index contributed by atoms with van der Waals surface area (Å²) < 4.78 is 8.90. The summed E-state index contributed by atoms with van der Waals surface area (Å²) >= 11 is 0. The second-order valence-corrected chi connectivity index (χ2v) is 14.8. The molecule has 2 aromatic rings. The van der Waals surface area contributed by atoms with E-state index in [2.05, 4.69) is 62.9 Å². The molecule has 0 spiro atoms. The van der Waals surface area contributed by atoms with Gasteiger partial charge in [0.15, 0.2) is 14.1 Å². The summed E-state index contributed by atoms with van der Waals surface area (Å²) in [6.07, 6.45) is 1.05. The van der Waals surface area contributed by atoms with Gasteiger partial charge in [-0.1, -0.05) is 51.1 Å². The first-order valence-corrected chi connectivity index (χ1v) is 13.7. The Morgan fingerprint density at radius 1 is 1.17 bits per heavy atom. The van der Waals surface area contributed by atoms with Crippen molar-refractivity contribution in [2.24, 2.45) is 7.05 Å². The van der Waals surface area contributed by atoms with E-state index in [0.29, 0.717) is 0 Å². The monoisotopic (exact) mass is 423 g/mol. The van der Waals surface area contributed by atoms with Crippen molar-refractivity contribution in [3.05, 3.63) is 58.7 Å². The zero-order valence-electron chi connectivity index (χ0n) is 19.2. The van der Waals surface area contributed by atoms with Gasteiger partial charge in [0.1, 0.15) is 17.6 Å². The van der Waals surface area contributed by atoms with Crippen LogP contribution in [0.3, 0.4) is 0 Å². The molecule has 0 saturated carbocycles. The lowest BCUT2D eigenvalue weighted by molar-refractivity contribution is -0.124. The highest BCUT2D eigenvalue weighted by atomic mass is 28.4. The fourth-order valence-electron chi connectivity index (χ4n) is 4.14. The molecule has 2 atom stereocenters. The lowest BCUT2D eigenvalue weighted by Crippen LogP contribution is -2.53. The number of carbonyl (C=O) groups is 1. The number of nitrogens with zero attached hydrogens (tertiary/aromatic N) is 2. The zero-order valence-corrected chi connectivity index (χ0v) is 20.2. The molecule has 1 N–H and O–H groups in total. The molecule has 1 aromatic carbocycles. The van der Waals surface area contributed by atoms with Crippen LogP contribution in [0.25, 0.3) is 5.70 Å². The minimum Gasteiger partial charge on any atom is -0.404 e. The zero-order chi connectivity index (χ0) is 21.8. The van der Waals surface area contributed by atoms with Gasteiger partial charge in [-0.25, -0.2) is 4.98 Å². The third-order valence-corrected chi connectivity index (χ3v) is 11.6. The topological polar surface area (TPSA) is 56.1 Å². The number of hydrogen-bond donors (Lipinski definition) is 1. The van der Waals surface area contributed by atoms with Gasteiger partial charge >= 0.3 is 0 Å². The second-order valence-electron chi connectivity index (χ2n) is 10.1. The first-order chi connectivity index (χ1) is 14.0. The average molecular weight is 424 g/mol. The van der Waals surface area contributed by atoms with Crippen molar-refractivity contribution in [3.8, 4) is 0 Å². The van der Waals surface area contributed by atoms with E-state index in [1.807, 2.05) is 25.1 Å². The Morgan fingerprint density at radius 3 is 2.47 bits per heavy atom. The predicted octanol–water partition coefficient (Wildman–Crippen LogP) is 4.69. The summed E-state index contributed by atoms with van der Waals surface area (Å²) in [4.78, 5) is 18.6. The molecule has 0 amide bonds. The predicted molar refractivity (Wildman–Crippen MR) is 123 cm³/mol. The van der Waals surface area contributed by atoms with Crippen LogP contribution >= 0.6 is 0 Å². The standard InChI is InChI=1S/C24H33N3O2Si/c1-15-25-21-18(27(15)5)14-13-17-20(21)26-19(16-11-9-8-10-12-16)23(22(17)28)29-30(6,7)24(2,3)4/h8-12,19,23,26H,13-14H2,1-7H3/t19-,23-/m1/s1. The van der Waals surface area contributed by atoms with Gasteiger partial charge in [0, 0.05) is 18.3 Å². The Hall–Kier alpha value is -2.18. The first-order valence-electron chi connectivity index (χ1n) is 10.8. The minimum atomic E-state index is -2.15. The van der Waals surface area contributed by atoms with E-state index < -0.39 is 14.4 Å². The van der Waals surface area contributed by atoms with Crippen LogP contribution in [0.5, 0.6) is 0 Å². The van der Waals surface area contributed by atoms with Crippen LogP contribution in [0.2, 0.25) is 18.1 Å². The number of carbonyl (C=O) groups excluding carboxylic acids is 1. The van der Waals surface area contributed by atoms with Crippen LogP contribution in [0.4, 0.5) is 0 Å². The summed E-state index contributed by atoms with van der Waals surface area (Å²) in [5.41, 5.74) is 4.93. The van der Waals surface area contributed by atoms with E-state index >= 15 is 0 Å². The maximum Gasteiger partial charge on any atom is 0.193 e. The molecule has 0 unspecified atom stereocenters. The Morgan fingerprint density at radius 2 is 1.83 bits per heavy atom. The number of ketones is 1. The van der Waals surface area contributed by atoms with Gasteiger partial charge in [-0.2, -0.15) is 0 Å². The SMILES string of the molecule is Cc1nc2c(n1C)CCC1=C2N[C@H](c2ccccc2)[C@@H](O[Si](C)(C)C(C)(C)C)C1=O. The molecular weight excluding hydrogens is 390 g/mol. The van der Waals surface area contributed by atoms with E-state index in [1.54, 1.807) is 0 Å². The summed E-state index contributed by atoms with van der Waals surface area (Å²) in [5, 5.41) is 3.73. The van der Waals surface area contributed by atoms with Crippen molar-refractivity contribution in [1.29, 1.82) is 0 Å². The number of nitrogens with one attached hydrogen (secondary N) is 1. The van der Waals surface area contributed by atoms with Crippen LogP contribution in [0.1, 0.15) is 56.0 Å². The Bertz CT molecular complexity index is 1020. The van der Waals surface area contributed by atoms with Crippen molar-refractivity contribution in [3.63, 3.8) is 0 Å². The van der Waals surface area contributed by atoms with Gasteiger partial charge in [-0.3, -0.25) is 4.79 Å². The van der Waals surface area contributed by atoms with Gasteiger partial charge in [-0.15, -0.1) is 0 Å². The quantitative estimate of drug-likeness (QED) is 0.728. The normalized spacial score (nSPS) is 21.9. The van der Waals surface area contributed by atoms with E-state index in [4.69, 9.17) is 9.41 Å². The highest BCUT2D eigenvalue weighted by Gasteiger charge is 2.47. The molecule has 6 heteroatoms. The molecule has 30 heavy (non-hydrogen) atoms. The molecule has 1 aliphatic heterocycles. The Labute approximate surface area is 180 Å². The summed E-state index contributed by atoms with van der Waals surface area (Å²) in [5.74, 6) is 1.09. The molecule has 0 saturated heterocycles. The maximum absolute atomic E-state index is 13.8. The Kier molecular flexibility index (Phi) is 5.06. The third-order valence-electron chi connectivity index (χ3n) is 7.13. The van der Waals surface area contributed by atoms with E-state index in [0.717, 1.165) is 41.2 Å². The van der Waals surface area contributed by atoms with Crippen molar-refractivity contribution in [2.45, 2.75) is 70.8 Å². The van der Waals surface area contributed by atoms with Crippen LogP contribution in [0.15, 0.2) is 35.9 Å². The Balaban J connectivity index is 1.81. The van der Waals surface area contributed by atoms with Crippen molar-refractivity contribution in [1.82, 2.24) is 14.9 Å². The van der Waals surface area contributed by atoms with Crippen molar-refractivity contribution in [2.75, 3.05) is 0 Å². The average Bonchev–Trinajstić information content (AvgIpc) is 2.98. The number of imidazole rings is 1. The van der Waals surface area contributed by atoms with Gasteiger partial charge in [0.2, 0.25) is 0 Å². The number of hydrogen-bond acceptors (Lipinski definition) is 4. The first kappa shape index (κ1) is 21.1. The molecule has 2 aliphatic rings. The van der Waals surface area contributed by atoms with E-state index in [1.165, 1.54) is 5.69 Å². The highest BCUT2D eigenvalue weighted by Crippen LogP contribution is 2.43. The highest BCUT2D eigenvalue weighted by molar-refractivity contribution is 6.74. The molecule has 5 nitrogen and oxygen atoms in total. The van der Waals surface area contributed by atoms with Gasteiger partial charge in [-0.05, 0) is 43.5 Å². The fraction of sp³-hybridized carbons (Fsp3) is 0.500. The molecule has 1 aromatic heterocycles. The summed E-state index contributed by atoms with van der Waals surface area (Å²) in [6, 6.07) is 9.97. The third kappa shape index (κ3) is 3.36. The maximum atomic E-state index is 13.8. The van der Waals surface area contributed by atoms with Crippen LogP contribution < -0.4 is 5.32 Å². The molecule has 160 valence electrons.